The summed E-state index contributed by atoms with van der Waals surface area (Å²) in [4.78, 5) is 22.2. The fraction of sp³-hybridized carbons (Fsp3) is 0.667. The van der Waals surface area contributed by atoms with Crippen LogP contribution in [0.5, 0.6) is 0 Å². The van der Waals surface area contributed by atoms with E-state index in [1.54, 1.807) is 12.4 Å². The first-order valence-electron chi connectivity index (χ1n) is 7.53. The number of piperidine rings is 1. The fourth-order valence-electron chi connectivity index (χ4n) is 2.82. The summed E-state index contributed by atoms with van der Waals surface area (Å²) in [6.07, 6.45) is 7.91. The van der Waals surface area contributed by atoms with Gasteiger partial charge in [-0.3, -0.25) is 4.79 Å². The van der Waals surface area contributed by atoms with Gasteiger partial charge in [-0.05, 0) is 25.3 Å². The zero-order valence-electron chi connectivity index (χ0n) is 12.4. The van der Waals surface area contributed by atoms with Crippen LogP contribution in [0.2, 0.25) is 0 Å². The van der Waals surface area contributed by atoms with Gasteiger partial charge in [0, 0.05) is 31.5 Å². The number of hydrogen-bond acceptors (Lipinski definition) is 4. The van der Waals surface area contributed by atoms with Crippen molar-refractivity contribution in [3.05, 3.63) is 24.3 Å². The first kappa shape index (κ1) is 14.9. The van der Waals surface area contributed by atoms with Crippen molar-refractivity contribution in [1.82, 2.24) is 20.2 Å². The van der Waals surface area contributed by atoms with Crippen LogP contribution in [0.15, 0.2) is 18.7 Å². The van der Waals surface area contributed by atoms with Gasteiger partial charge in [0.15, 0.2) is 0 Å². The van der Waals surface area contributed by atoms with Gasteiger partial charge in [-0.2, -0.15) is 0 Å². The molecular formula is C15H24N4O. The molecule has 2 rings (SSSR count). The number of nitrogens with one attached hydrogen (secondary N) is 1. The van der Waals surface area contributed by atoms with Gasteiger partial charge in [0.2, 0.25) is 0 Å². The van der Waals surface area contributed by atoms with Crippen LogP contribution >= 0.6 is 0 Å². The molecule has 0 bridgehead atoms. The van der Waals surface area contributed by atoms with E-state index in [-0.39, 0.29) is 5.91 Å². The van der Waals surface area contributed by atoms with Gasteiger partial charge in [-0.15, -0.1) is 0 Å². The van der Waals surface area contributed by atoms with E-state index in [4.69, 9.17) is 0 Å². The number of aromatic nitrogens is 2. The lowest BCUT2D eigenvalue weighted by molar-refractivity contribution is 0.0626. The van der Waals surface area contributed by atoms with Crippen LogP contribution in [0.1, 0.15) is 43.5 Å². The largest absolute Gasteiger partial charge is 0.338 e. The molecule has 0 aromatic carbocycles. The highest BCUT2D eigenvalue weighted by atomic mass is 16.2. The van der Waals surface area contributed by atoms with Crippen molar-refractivity contribution in [2.45, 2.75) is 39.2 Å². The second-order valence-corrected chi connectivity index (χ2v) is 5.40. The van der Waals surface area contributed by atoms with Crippen LogP contribution in [-0.2, 0) is 0 Å². The minimum atomic E-state index is 0.0537. The van der Waals surface area contributed by atoms with E-state index in [1.165, 1.54) is 6.33 Å². The molecule has 1 aliphatic heterocycles. The lowest BCUT2D eigenvalue weighted by Crippen LogP contribution is -2.51. The van der Waals surface area contributed by atoms with Gasteiger partial charge in [0.1, 0.15) is 6.33 Å². The molecule has 2 unspecified atom stereocenters. The van der Waals surface area contributed by atoms with Crippen molar-refractivity contribution in [2.75, 3.05) is 19.6 Å². The standard InChI is InChI=1S/C15H24N4O/c1-3-6-18-14-5-7-19(10-12(14)4-2)15(20)13-8-16-11-17-9-13/h8-9,11-12,14,18H,3-7,10H2,1-2H3. The molecule has 2 heterocycles. The van der Waals surface area contributed by atoms with E-state index in [1.807, 2.05) is 4.90 Å². The van der Waals surface area contributed by atoms with E-state index in [9.17, 15) is 4.79 Å². The Bertz CT molecular complexity index is 423. The maximum atomic E-state index is 12.4. The zero-order chi connectivity index (χ0) is 14.4. The Morgan fingerprint density at radius 3 is 2.80 bits per heavy atom. The number of rotatable bonds is 5. The first-order valence-corrected chi connectivity index (χ1v) is 7.53. The van der Waals surface area contributed by atoms with Crippen molar-refractivity contribution >= 4 is 5.91 Å². The predicted molar refractivity (Wildman–Crippen MR) is 78.4 cm³/mol. The maximum absolute atomic E-state index is 12.4. The number of amides is 1. The Hall–Kier alpha value is -1.49. The summed E-state index contributed by atoms with van der Waals surface area (Å²) in [5.41, 5.74) is 0.585. The number of likely N-dealkylation sites (tertiary alicyclic amines) is 1. The average molecular weight is 276 g/mol. The molecule has 1 N–H and O–H groups in total. The Balaban J connectivity index is 1.97. The lowest BCUT2D eigenvalue weighted by atomic mass is 9.89. The Kier molecular flexibility index (Phi) is 5.47. The summed E-state index contributed by atoms with van der Waals surface area (Å²) in [6, 6.07) is 0.538. The summed E-state index contributed by atoms with van der Waals surface area (Å²) >= 11 is 0. The summed E-state index contributed by atoms with van der Waals surface area (Å²) in [5.74, 6) is 0.585. The van der Waals surface area contributed by atoms with Gasteiger partial charge >= 0.3 is 0 Å². The third-order valence-corrected chi connectivity index (χ3v) is 4.01. The molecule has 20 heavy (non-hydrogen) atoms. The molecule has 1 aromatic heterocycles. The molecule has 2 atom stereocenters. The molecule has 1 saturated heterocycles. The predicted octanol–water partition coefficient (Wildman–Crippen LogP) is 1.72. The molecular weight excluding hydrogens is 252 g/mol. The van der Waals surface area contributed by atoms with Gasteiger partial charge in [-0.1, -0.05) is 20.3 Å². The van der Waals surface area contributed by atoms with Crippen molar-refractivity contribution in [2.24, 2.45) is 5.92 Å². The van der Waals surface area contributed by atoms with Crippen LogP contribution in [0.4, 0.5) is 0 Å². The smallest absolute Gasteiger partial charge is 0.257 e. The van der Waals surface area contributed by atoms with Gasteiger partial charge < -0.3 is 10.2 Å². The van der Waals surface area contributed by atoms with E-state index in [0.717, 1.165) is 38.9 Å². The lowest BCUT2D eigenvalue weighted by Gasteiger charge is -2.38. The number of carbonyl (C=O) groups is 1. The van der Waals surface area contributed by atoms with Crippen molar-refractivity contribution in [1.29, 1.82) is 0 Å². The molecule has 5 nitrogen and oxygen atoms in total. The molecule has 0 aliphatic carbocycles. The van der Waals surface area contributed by atoms with Crippen LogP contribution in [0.3, 0.4) is 0 Å². The highest BCUT2D eigenvalue weighted by Crippen LogP contribution is 2.21. The molecule has 1 aromatic rings. The van der Waals surface area contributed by atoms with Crippen LogP contribution in [0.25, 0.3) is 0 Å². The molecule has 0 radical (unpaired) electrons. The fourth-order valence-corrected chi connectivity index (χ4v) is 2.82. The van der Waals surface area contributed by atoms with Crippen molar-refractivity contribution in [3.63, 3.8) is 0 Å². The molecule has 110 valence electrons. The van der Waals surface area contributed by atoms with Gasteiger partial charge in [0.25, 0.3) is 5.91 Å². The summed E-state index contributed by atoms with van der Waals surface area (Å²) in [5, 5.41) is 3.61. The van der Waals surface area contributed by atoms with Crippen LogP contribution < -0.4 is 5.32 Å². The highest BCUT2D eigenvalue weighted by molar-refractivity contribution is 5.93. The van der Waals surface area contributed by atoms with E-state index in [2.05, 4.69) is 29.1 Å². The Morgan fingerprint density at radius 2 is 2.15 bits per heavy atom. The number of hydrogen-bond donors (Lipinski definition) is 1. The average Bonchev–Trinajstić information content (AvgIpc) is 2.52. The third kappa shape index (κ3) is 3.54. The molecule has 1 aliphatic rings. The summed E-state index contributed by atoms with van der Waals surface area (Å²) in [7, 11) is 0. The van der Waals surface area contributed by atoms with Crippen molar-refractivity contribution in [3.8, 4) is 0 Å². The van der Waals surface area contributed by atoms with Crippen LogP contribution in [-0.4, -0.2) is 46.5 Å². The van der Waals surface area contributed by atoms with Crippen molar-refractivity contribution < 1.29 is 4.79 Å². The second-order valence-electron chi connectivity index (χ2n) is 5.40. The molecule has 0 saturated carbocycles. The van der Waals surface area contributed by atoms with E-state index in [0.29, 0.717) is 17.5 Å². The van der Waals surface area contributed by atoms with Crippen LogP contribution in [0, 0.1) is 5.92 Å². The van der Waals surface area contributed by atoms with E-state index >= 15 is 0 Å². The third-order valence-electron chi connectivity index (χ3n) is 4.01. The quantitative estimate of drug-likeness (QED) is 0.889. The molecule has 0 spiro atoms. The number of carbonyl (C=O) groups excluding carboxylic acids is 1. The molecule has 1 amide bonds. The zero-order valence-corrected chi connectivity index (χ0v) is 12.4. The monoisotopic (exact) mass is 276 g/mol. The Morgan fingerprint density at radius 1 is 1.40 bits per heavy atom. The Labute approximate surface area is 120 Å². The first-order chi connectivity index (χ1) is 9.76. The highest BCUT2D eigenvalue weighted by Gasteiger charge is 2.30. The number of nitrogens with zero attached hydrogens (tertiary/aromatic N) is 3. The second kappa shape index (κ2) is 7.33. The normalized spacial score (nSPS) is 22.8. The van der Waals surface area contributed by atoms with Gasteiger partial charge in [-0.25, -0.2) is 9.97 Å². The van der Waals surface area contributed by atoms with E-state index < -0.39 is 0 Å². The maximum Gasteiger partial charge on any atom is 0.257 e. The minimum absolute atomic E-state index is 0.0537. The SMILES string of the molecule is CCCNC1CCN(C(=O)c2cncnc2)CC1CC. The summed E-state index contributed by atoms with van der Waals surface area (Å²) in [6.45, 7) is 7.08. The topological polar surface area (TPSA) is 58.1 Å². The van der Waals surface area contributed by atoms with Gasteiger partial charge in [0.05, 0.1) is 5.56 Å². The molecule has 5 heteroatoms. The summed E-state index contributed by atoms with van der Waals surface area (Å²) < 4.78 is 0. The minimum Gasteiger partial charge on any atom is -0.338 e. The molecule has 1 fully saturated rings.